The van der Waals surface area contributed by atoms with Crippen LogP contribution in [-0.2, 0) is 12.8 Å². The lowest BCUT2D eigenvalue weighted by Gasteiger charge is -1.99. The number of benzene rings is 2. The van der Waals surface area contributed by atoms with Gasteiger partial charge in [-0.25, -0.2) is 4.98 Å². The molecule has 0 fully saturated rings. The van der Waals surface area contributed by atoms with Crippen molar-refractivity contribution < 1.29 is 4.42 Å². The van der Waals surface area contributed by atoms with Crippen molar-refractivity contribution in [2.75, 3.05) is 5.73 Å². The molecule has 0 amide bonds. The van der Waals surface area contributed by atoms with E-state index in [2.05, 4.69) is 4.98 Å². The highest BCUT2D eigenvalue weighted by Gasteiger charge is 2.07. The van der Waals surface area contributed by atoms with E-state index in [0.29, 0.717) is 0 Å². The fraction of sp³-hybridized carbons (Fsp3) is 0.188. The van der Waals surface area contributed by atoms with Crippen LogP contribution < -0.4 is 5.73 Å². The summed E-state index contributed by atoms with van der Waals surface area (Å²) in [6.45, 7) is 2.04. The van der Waals surface area contributed by atoms with Gasteiger partial charge in [0.15, 0.2) is 11.5 Å². The van der Waals surface area contributed by atoms with Gasteiger partial charge < -0.3 is 10.2 Å². The molecule has 3 heteroatoms. The lowest BCUT2D eigenvalue weighted by molar-refractivity contribution is 0.526. The van der Waals surface area contributed by atoms with Crippen molar-refractivity contribution in [2.45, 2.75) is 19.8 Å². The molecular formula is C16H16N2O. The number of hydrogen-bond donors (Lipinski definition) is 1. The molecule has 19 heavy (non-hydrogen) atoms. The molecule has 1 aromatic heterocycles. The van der Waals surface area contributed by atoms with Crippen LogP contribution in [0, 0.1) is 6.92 Å². The molecule has 0 bridgehead atoms. The van der Waals surface area contributed by atoms with Gasteiger partial charge in [0.05, 0.1) is 0 Å². The number of nitrogens with zero attached hydrogens (tertiary/aromatic N) is 1. The van der Waals surface area contributed by atoms with E-state index in [0.717, 1.165) is 41.1 Å². The highest BCUT2D eigenvalue weighted by Crippen LogP contribution is 2.20. The van der Waals surface area contributed by atoms with Gasteiger partial charge in [0.1, 0.15) is 5.52 Å². The van der Waals surface area contributed by atoms with Crippen LogP contribution in [0.4, 0.5) is 5.69 Å². The van der Waals surface area contributed by atoms with Crippen molar-refractivity contribution in [3.05, 3.63) is 59.5 Å². The Morgan fingerprint density at radius 2 is 1.84 bits per heavy atom. The number of anilines is 1. The molecule has 3 rings (SSSR count). The van der Waals surface area contributed by atoms with Crippen molar-refractivity contribution in [2.24, 2.45) is 0 Å². The highest BCUT2D eigenvalue weighted by atomic mass is 16.3. The zero-order valence-electron chi connectivity index (χ0n) is 10.9. The van der Waals surface area contributed by atoms with Crippen LogP contribution in [0.15, 0.2) is 46.9 Å². The van der Waals surface area contributed by atoms with Gasteiger partial charge in [-0.15, -0.1) is 0 Å². The maximum atomic E-state index is 5.81. The first-order valence-electron chi connectivity index (χ1n) is 6.42. The number of nitrogen functional groups attached to an aromatic ring is 1. The quantitative estimate of drug-likeness (QED) is 0.726. The number of oxazole rings is 1. The average Bonchev–Trinajstić information content (AvgIpc) is 2.83. The van der Waals surface area contributed by atoms with Crippen molar-refractivity contribution in [3.63, 3.8) is 0 Å². The molecule has 0 atom stereocenters. The van der Waals surface area contributed by atoms with Gasteiger partial charge in [-0.3, -0.25) is 0 Å². The third-order valence-electron chi connectivity index (χ3n) is 3.26. The number of aryl methyl sites for hydroxylation is 3. The van der Waals surface area contributed by atoms with Crippen LogP contribution in [0.1, 0.15) is 17.0 Å². The van der Waals surface area contributed by atoms with Crippen LogP contribution >= 0.6 is 0 Å². The van der Waals surface area contributed by atoms with Gasteiger partial charge in [-0.05, 0) is 42.7 Å². The van der Waals surface area contributed by atoms with Crippen LogP contribution in [-0.4, -0.2) is 4.98 Å². The van der Waals surface area contributed by atoms with Crippen LogP contribution in [0.5, 0.6) is 0 Å². The summed E-state index contributed by atoms with van der Waals surface area (Å²) in [7, 11) is 0. The van der Waals surface area contributed by atoms with Gasteiger partial charge in [-0.2, -0.15) is 0 Å². The SMILES string of the molecule is Cc1cccc2nc(CCc3ccc(N)cc3)oc12. The minimum absolute atomic E-state index is 0.793. The summed E-state index contributed by atoms with van der Waals surface area (Å²) in [5, 5.41) is 0. The molecule has 3 nitrogen and oxygen atoms in total. The number of rotatable bonds is 3. The fourth-order valence-corrected chi connectivity index (χ4v) is 2.18. The molecule has 0 aliphatic rings. The summed E-state index contributed by atoms with van der Waals surface area (Å²) in [5.41, 5.74) is 10.7. The second kappa shape index (κ2) is 4.76. The van der Waals surface area contributed by atoms with E-state index in [1.807, 2.05) is 49.4 Å². The zero-order valence-corrected chi connectivity index (χ0v) is 10.9. The summed E-state index contributed by atoms with van der Waals surface area (Å²) in [6, 6.07) is 14.0. The van der Waals surface area contributed by atoms with Gasteiger partial charge in [0.2, 0.25) is 0 Å². The van der Waals surface area contributed by atoms with Gasteiger partial charge >= 0.3 is 0 Å². The summed E-state index contributed by atoms with van der Waals surface area (Å²) in [4.78, 5) is 4.51. The van der Waals surface area contributed by atoms with E-state index >= 15 is 0 Å². The van der Waals surface area contributed by atoms with Gasteiger partial charge in [0.25, 0.3) is 0 Å². The first-order chi connectivity index (χ1) is 9.22. The lowest BCUT2D eigenvalue weighted by Crippen LogP contribution is -1.92. The monoisotopic (exact) mass is 252 g/mol. The molecular weight excluding hydrogens is 236 g/mol. The van der Waals surface area contributed by atoms with E-state index in [1.165, 1.54) is 5.56 Å². The van der Waals surface area contributed by atoms with Crippen molar-refractivity contribution in [1.29, 1.82) is 0 Å². The molecule has 1 heterocycles. The number of hydrogen-bond acceptors (Lipinski definition) is 3. The second-order valence-corrected chi connectivity index (χ2v) is 4.77. The zero-order chi connectivity index (χ0) is 13.2. The number of para-hydroxylation sites is 1. The fourth-order valence-electron chi connectivity index (χ4n) is 2.18. The summed E-state index contributed by atoms with van der Waals surface area (Å²) in [5.74, 6) is 0.793. The first-order valence-corrected chi connectivity index (χ1v) is 6.42. The minimum Gasteiger partial charge on any atom is -0.440 e. The minimum atomic E-state index is 0.793. The third kappa shape index (κ3) is 2.45. The Morgan fingerprint density at radius 1 is 1.05 bits per heavy atom. The average molecular weight is 252 g/mol. The largest absolute Gasteiger partial charge is 0.440 e. The lowest BCUT2D eigenvalue weighted by atomic mass is 10.1. The van der Waals surface area contributed by atoms with Crippen LogP contribution in [0.2, 0.25) is 0 Å². The molecule has 0 radical (unpaired) electrons. The van der Waals surface area contributed by atoms with E-state index in [4.69, 9.17) is 10.2 Å². The van der Waals surface area contributed by atoms with E-state index in [-0.39, 0.29) is 0 Å². The summed E-state index contributed by atoms with van der Waals surface area (Å²) in [6.07, 6.45) is 1.71. The molecule has 2 aromatic carbocycles. The van der Waals surface area contributed by atoms with Crippen LogP contribution in [0.3, 0.4) is 0 Å². The first kappa shape index (κ1) is 11.8. The normalized spacial score (nSPS) is 11.0. The maximum Gasteiger partial charge on any atom is 0.195 e. The molecule has 0 saturated carbocycles. The van der Waals surface area contributed by atoms with E-state index < -0.39 is 0 Å². The molecule has 3 aromatic rings. The van der Waals surface area contributed by atoms with Crippen molar-refractivity contribution >= 4 is 16.8 Å². The molecule has 2 N–H and O–H groups in total. The Balaban J connectivity index is 1.78. The standard InChI is InChI=1S/C16H16N2O/c1-11-3-2-4-14-16(11)19-15(18-14)10-7-12-5-8-13(17)9-6-12/h2-6,8-9H,7,10,17H2,1H3. The number of nitrogens with two attached hydrogens (primary N) is 1. The third-order valence-corrected chi connectivity index (χ3v) is 3.26. The smallest absolute Gasteiger partial charge is 0.195 e. The van der Waals surface area contributed by atoms with Crippen molar-refractivity contribution in [3.8, 4) is 0 Å². The Kier molecular flexibility index (Phi) is 2.95. The van der Waals surface area contributed by atoms with Gasteiger partial charge in [0, 0.05) is 12.1 Å². The molecule has 96 valence electrons. The predicted molar refractivity (Wildman–Crippen MR) is 77.0 cm³/mol. The van der Waals surface area contributed by atoms with Crippen LogP contribution in [0.25, 0.3) is 11.1 Å². The Labute approximate surface area is 112 Å². The van der Waals surface area contributed by atoms with E-state index in [9.17, 15) is 0 Å². The number of aromatic nitrogens is 1. The Bertz CT molecular complexity index is 698. The Hall–Kier alpha value is -2.29. The van der Waals surface area contributed by atoms with Crippen molar-refractivity contribution in [1.82, 2.24) is 4.98 Å². The molecule has 0 aliphatic heterocycles. The number of fused-ring (bicyclic) bond motifs is 1. The second-order valence-electron chi connectivity index (χ2n) is 4.77. The molecule has 0 saturated heterocycles. The van der Waals surface area contributed by atoms with E-state index in [1.54, 1.807) is 0 Å². The molecule has 0 aliphatic carbocycles. The molecule has 0 spiro atoms. The highest BCUT2D eigenvalue weighted by molar-refractivity contribution is 5.75. The molecule has 0 unspecified atom stereocenters. The summed E-state index contributed by atoms with van der Waals surface area (Å²) < 4.78 is 5.81. The predicted octanol–water partition coefficient (Wildman–Crippen LogP) is 3.50. The van der Waals surface area contributed by atoms with Gasteiger partial charge in [-0.1, -0.05) is 24.3 Å². The topological polar surface area (TPSA) is 52.0 Å². The summed E-state index contributed by atoms with van der Waals surface area (Å²) >= 11 is 0. The Morgan fingerprint density at radius 3 is 2.58 bits per heavy atom. The maximum absolute atomic E-state index is 5.81.